The van der Waals surface area contributed by atoms with E-state index in [1.165, 1.54) is 5.56 Å². The van der Waals surface area contributed by atoms with Crippen molar-refractivity contribution in [2.24, 2.45) is 0 Å². The fraction of sp³-hybridized carbons (Fsp3) is 0.435. The van der Waals surface area contributed by atoms with Crippen LogP contribution in [-0.2, 0) is 27.5 Å². The maximum Gasteiger partial charge on any atom is 0.321 e. The van der Waals surface area contributed by atoms with Gasteiger partial charge in [0.25, 0.3) is 0 Å². The molecule has 0 amide bonds. The fourth-order valence-electron chi connectivity index (χ4n) is 3.31. The van der Waals surface area contributed by atoms with Gasteiger partial charge in [-0.15, -0.1) is 0 Å². The summed E-state index contributed by atoms with van der Waals surface area (Å²) in [5.41, 5.74) is 2.05. The molecule has 0 fully saturated rings. The maximum atomic E-state index is 12.6. The molecule has 1 atom stereocenters. The van der Waals surface area contributed by atoms with Crippen LogP contribution in [0, 0.1) is 0 Å². The molecule has 2 rings (SSSR count). The van der Waals surface area contributed by atoms with Crippen LogP contribution >= 0.6 is 11.6 Å². The summed E-state index contributed by atoms with van der Waals surface area (Å²) in [6, 6.07) is 14.9. The molecule has 0 aliphatic heterocycles. The molecule has 5 nitrogen and oxygen atoms in total. The van der Waals surface area contributed by atoms with Crippen molar-refractivity contribution >= 4 is 27.4 Å². The Bertz CT molecular complexity index is 892. The quantitative estimate of drug-likeness (QED) is 0.435. The van der Waals surface area contributed by atoms with Crippen LogP contribution in [0.3, 0.4) is 0 Å². The van der Waals surface area contributed by atoms with Gasteiger partial charge in [-0.2, -0.15) is 0 Å². The van der Waals surface area contributed by atoms with Gasteiger partial charge in [-0.25, -0.2) is 8.42 Å². The Morgan fingerprint density at radius 3 is 2.10 bits per heavy atom. The predicted octanol–water partition coefficient (Wildman–Crippen LogP) is 4.95. The molecule has 2 aromatic rings. The minimum atomic E-state index is -3.72. The van der Waals surface area contributed by atoms with Gasteiger partial charge in [0.1, 0.15) is 5.75 Å². The van der Waals surface area contributed by atoms with Gasteiger partial charge in [0.15, 0.2) is 15.1 Å². The standard InChI is InChI=1S/C23H29ClO5S/c1-29-21-14-10-19(11-15-21)16-17-30(27,28)22(23(25)26)7-5-3-2-4-6-18-8-12-20(24)13-9-18/h8-15,22H,2-7,16-17H2,1H3,(H,25,26). The number of unbranched alkanes of at least 4 members (excludes halogenated alkanes) is 3. The number of sulfone groups is 1. The number of carboxylic acid groups (broad SMARTS) is 1. The summed E-state index contributed by atoms with van der Waals surface area (Å²) >= 11 is 5.87. The van der Waals surface area contributed by atoms with Crippen molar-refractivity contribution in [2.75, 3.05) is 12.9 Å². The largest absolute Gasteiger partial charge is 0.497 e. The lowest BCUT2D eigenvalue weighted by Crippen LogP contribution is -2.32. The first-order valence-electron chi connectivity index (χ1n) is 10.1. The number of rotatable bonds is 13. The van der Waals surface area contributed by atoms with E-state index in [0.717, 1.165) is 31.2 Å². The Balaban J connectivity index is 1.76. The van der Waals surface area contributed by atoms with Gasteiger partial charge in [0.05, 0.1) is 12.9 Å². The number of hydrogen-bond donors (Lipinski definition) is 1. The lowest BCUT2D eigenvalue weighted by atomic mass is 10.0. The van der Waals surface area contributed by atoms with Crippen molar-refractivity contribution in [2.45, 2.75) is 50.2 Å². The van der Waals surface area contributed by atoms with E-state index in [-0.39, 0.29) is 18.6 Å². The summed E-state index contributed by atoms with van der Waals surface area (Å²) in [6.07, 6.45) is 4.67. The van der Waals surface area contributed by atoms with Gasteiger partial charge in [0.2, 0.25) is 0 Å². The molecule has 30 heavy (non-hydrogen) atoms. The molecule has 7 heteroatoms. The molecule has 2 aromatic carbocycles. The summed E-state index contributed by atoms with van der Waals surface area (Å²) in [5.74, 6) is -0.737. The highest BCUT2D eigenvalue weighted by molar-refractivity contribution is 7.92. The van der Waals surface area contributed by atoms with Crippen LogP contribution in [0.5, 0.6) is 5.75 Å². The van der Waals surface area contributed by atoms with Crippen molar-refractivity contribution in [1.82, 2.24) is 0 Å². The highest BCUT2D eigenvalue weighted by Crippen LogP contribution is 2.18. The Morgan fingerprint density at radius 1 is 0.933 bits per heavy atom. The van der Waals surface area contributed by atoms with Crippen molar-refractivity contribution < 1.29 is 23.1 Å². The molecule has 1 N–H and O–H groups in total. The number of methoxy groups -OCH3 is 1. The second-order valence-corrected chi connectivity index (χ2v) is 10.1. The van der Waals surface area contributed by atoms with Gasteiger partial charge in [0, 0.05) is 5.02 Å². The number of benzene rings is 2. The first-order valence-corrected chi connectivity index (χ1v) is 12.2. The van der Waals surface area contributed by atoms with E-state index in [1.54, 1.807) is 31.4 Å². The summed E-state index contributed by atoms with van der Waals surface area (Å²) in [7, 11) is -2.15. The van der Waals surface area contributed by atoms with E-state index in [2.05, 4.69) is 0 Å². The average molecular weight is 453 g/mol. The number of aliphatic carboxylic acids is 1. The smallest absolute Gasteiger partial charge is 0.321 e. The lowest BCUT2D eigenvalue weighted by Gasteiger charge is -2.14. The van der Waals surface area contributed by atoms with E-state index in [9.17, 15) is 18.3 Å². The average Bonchev–Trinajstić information content (AvgIpc) is 2.73. The highest BCUT2D eigenvalue weighted by atomic mass is 35.5. The van der Waals surface area contributed by atoms with E-state index in [0.29, 0.717) is 17.2 Å². The second-order valence-electron chi connectivity index (χ2n) is 7.37. The Hall–Kier alpha value is -2.05. The van der Waals surface area contributed by atoms with Gasteiger partial charge < -0.3 is 9.84 Å². The number of aryl methyl sites for hydroxylation is 2. The summed E-state index contributed by atoms with van der Waals surface area (Å²) in [6.45, 7) is 0. The van der Waals surface area contributed by atoms with E-state index >= 15 is 0 Å². The second kappa shape index (κ2) is 12.0. The van der Waals surface area contributed by atoms with Crippen LogP contribution in [0.2, 0.25) is 5.02 Å². The van der Waals surface area contributed by atoms with E-state index < -0.39 is 21.1 Å². The maximum absolute atomic E-state index is 12.6. The number of halogens is 1. The summed E-state index contributed by atoms with van der Waals surface area (Å²) in [5, 5.41) is 8.82. The normalized spacial score (nSPS) is 12.5. The van der Waals surface area contributed by atoms with Crippen LogP contribution in [-0.4, -0.2) is 37.6 Å². The van der Waals surface area contributed by atoms with Gasteiger partial charge in [-0.1, -0.05) is 55.1 Å². The SMILES string of the molecule is COc1ccc(CCS(=O)(=O)C(CCCCCCc2ccc(Cl)cc2)C(=O)O)cc1. The van der Waals surface area contributed by atoms with Crippen LogP contribution in [0.25, 0.3) is 0 Å². The minimum absolute atomic E-state index is 0.154. The zero-order chi connectivity index (χ0) is 22.0. The molecule has 0 aliphatic rings. The van der Waals surface area contributed by atoms with Crippen molar-refractivity contribution in [3.8, 4) is 5.75 Å². The minimum Gasteiger partial charge on any atom is -0.497 e. The Kier molecular flexibility index (Phi) is 9.66. The third-order valence-corrected chi connectivity index (χ3v) is 7.47. The molecular weight excluding hydrogens is 424 g/mol. The first-order chi connectivity index (χ1) is 14.3. The van der Waals surface area contributed by atoms with Crippen LogP contribution in [0.15, 0.2) is 48.5 Å². The monoisotopic (exact) mass is 452 g/mol. The fourth-order valence-corrected chi connectivity index (χ4v) is 5.08. The number of carboxylic acids is 1. The number of carbonyl (C=O) groups is 1. The van der Waals surface area contributed by atoms with Gasteiger partial charge >= 0.3 is 5.97 Å². The molecule has 0 aromatic heterocycles. The molecule has 0 radical (unpaired) electrons. The predicted molar refractivity (Wildman–Crippen MR) is 120 cm³/mol. The molecule has 0 saturated heterocycles. The molecule has 1 unspecified atom stereocenters. The number of ether oxygens (including phenoxy) is 1. The number of hydrogen-bond acceptors (Lipinski definition) is 4. The van der Waals surface area contributed by atoms with Crippen LogP contribution < -0.4 is 4.74 Å². The van der Waals surface area contributed by atoms with Gasteiger partial charge in [-0.05, 0) is 61.1 Å². The molecule has 0 saturated carbocycles. The zero-order valence-electron chi connectivity index (χ0n) is 17.2. The zero-order valence-corrected chi connectivity index (χ0v) is 18.8. The van der Waals surface area contributed by atoms with Gasteiger partial charge in [-0.3, -0.25) is 4.79 Å². The van der Waals surface area contributed by atoms with Crippen LogP contribution in [0.1, 0.15) is 43.2 Å². The molecule has 164 valence electrons. The summed E-state index contributed by atoms with van der Waals surface area (Å²) < 4.78 is 30.3. The molecule has 0 aliphatic carbocycles. The van der Waals surface area contributed by atoms with Crippen molar-refractivity contribution in [3.63, 3.8) is 0 Å². The molecule has 0 heterocycles. The third kappa shape index (κ3) is 8.00. The first kappa shape index (κ1) is 24.2. The van der Waals surface area contributed by atoms with E-state index in [4.69, 9.17) is 16.3 Å². The Labute approximate surface area is 184 Å². The lowest BCUT2D eigenvalue weighted by molar-refractivity contribution is -0.136. The third-order valence-electron chi connectivity index (χ3n) is 5.14. The molecular formula is C23H29ClO5S. The molecule has 0 bridgehead atoms. The summed E-state index contributed by atoms with van der Waals surface area (Å²) in [4.78, 5) is 11.6. The molecule has 0 spiro atoms. The topological polar surface area (TPSA) is 80.7 Å². The van der Waals surface area contributed by atoms with Crippen molar-refractivity contribution in [1.29, 1.82) is 0 Å². The van der Waals surface area contributed by atoms with Crippen molar-refractivity contribution in [3.05, 3.63) is 64.7 Å². The Morgan fingerprint density at radius 2 is 1.50 bits per heavy atom. The van der Waals surface area contributed by atoms with Crippen LogP contribution in [0.4, 0.5) is 0 Å². The van der Waals surface area contributed by atoms with E-state index in [1.807, 2.05) is 24.3 Å². The highest BCUT2D eigenvalue weighted by Gasteiger charge is 2.31.